The fourth-order valence-electron chi connectivity index (χ4n) is 10.1. The van der Waals surface area contributed by atoms with Crippen LogP contribution in [0.25, 0.3) is 137 Å². The van der Waals surface area contributed by atoms with Gasteiger partial charge in [0.25, 0.3) is 0 Å². The topological polar surface area (TPSA) is 56.0 Å². The van der Waals surface area contributed by atoms with Gasteiger partial charge in [-0.1, -0.05) is 206 Å². The quantitative estimate of drug-likeness (QED) is 0.156. The average Bonchev–Trinajstić information content (AvgIpc) is 4.01. The van der Waals surface area contributed by atoms with Gasteiger partial charge in [-0.05, 0) is 72.9 Å². The third kappa shape index (κ3) is 6.23. The number of rotatable bonds is 6. The molecule has 0 fully saturated rings. The van der Waals surface area contributed by atoms with Crippen LogP contribution >= 0.6 is 11.3 Å². The monoisotopic (exact) mass is 883 g/mol. The number of hydrogen-bond donors (Lipinski definition) is 0. The van der Waals surface area contributed by atoms with Crippen LogP contribution < -0.4 is 0 Å². The van der Waals surface area contributed by atoms with Crippen molar-refractivity contribution < 1.29 is 0 Å². The van der Waals surface area contributed by atoms with Crippen molar-refractivity contribution in [2.45, 2.75) is 0 Å². The zero-order valence-electron chi connectivity index (χ0n) is 36.5. The molecule has 0 aliphatic rings. The number of aromatic nitrogens is 5. The Hall–Kier alpha value is -8.84. The van der Waals surface area contributed by atoms with Crippen molar-refractivity contribution >= 4 is 80.5 Å². The second kappa shape index (κ2) is 15.4. The van der Waals surface area contributed by atoms with Crippen LogP contribution in [0.5, 0.6) is 0 Å². The zero-order chi connectivity index (χ0) is 44.7. The summed E-state index contributed by atoms with van der Waals surface area (Å²) in [5.41, 5.74) is 12.5. The van der Waals surface area contributed by atoms with E-state index in [1.54, 1.807) is 0 Å². The van der Waals surface area contributed by atoms with Gasteiger partial charge < -0.3 is 0 Å². The number of benzene rings is 10. The van der Waals surface area contributed by atoms with E-state index in [1.165, 1.54) is 47.1 Å². The molecule has 316 valence electrons. The summed E-state index contributed by atoms with van der Waals surface area (Å²) in [7, 11) is 0. The van der Waals surface area contributed by atoms with Crippen LogP contribution in [0.3, 0.4) is 0 Å². The summed E-state index contributed by atoms with van der Waals surface area (Å²) in [6, 6.07) is 79.7. The zero-order valence-corrected chi connectivity index (χ0v) is 37.3. The van der Waals surface area contributed by atoms with Gasteiger partial charge in [-0.15, -0.1) is 11.3 Å². The van der Waals surface area contributed by atoms with Crippen molar-refractivity contribution in [1.82, 2.24) is 24.3 Å². The molecule has 0 atom stereocenters. The number of nitrogens with zero attached hydrogens (tertiary/aromatic N) is 5. The molecule has 6 heteroatoms. The molecule has 0 amide bonds. The van der Waals surface area contributed by atoms with Gasteiger partial charge in [0, 0.05) is 37.5 Å². The van der Waals surface area contributed by atoms with Crippen molar-refractivity contribution in [3.63, 3.8) is 0 Å². The fourth-order valence-corrected chi connectivity index (χ4v) is 11.3. The minimum absolute atomic E-state index is 0.610. The third-order valence-electron chi connectivity index (χ3n) is 13.5. The van der Waals surface area contributed by atoms with Crippen molar-refractivity contribution in [3.05, 3.63) is 224 Å². The molecule has 4 aromatic heterocycles. The van der Waals surface area contributed by atoms with Crippen LogP contribution in [0, 0.1) is 0 Å². The summed E-state index contributed by atoms with van der Waals surface area (Å²) in [5.74, 6) is 1.85. The summed E-state index contributed by atoms with van der Waals surface area (Å²) in [6.07, 6.45) is 0. The van der Waals surface area contributed by atoms with Crippen molar-refractivity contribution in [2.24, 2.45) is 0 Å². The molecule has 0 bridgehead atoms. The Bertz CT molecular complexity index is 4170. The maximum Gasteiger partial charge on any atom is 0.164 e. The van der Waals surface area contributed by atoms with E-state index in [0.717, 1.165) is 72.3 Å². The summed E-state index contributed by atoms with van der Waals surface area (Å²) < 4.78 is 4.80. The Labute approximate surface area is 395 Å². The minimum Gasteiger partial charge on any atom is -0.291 e. The number of fused-ring (bicyclic) bond motifs is 13. The summed E-state index contributed by atoms with van der Waals surface area (Å²) >= 11 is 1.82. The van der Waals surface area contributed by atoms with Gasteiger partial charge >= 0.3 is 0 Å². The van der Waals surface area contributed by atoms with Gasteiger partial charge in [0.2, 0.25) is 0 Å². The highest BCUT2D eigenvalue weighted by molar-refractivity contribution is 7.26. The summed E-state index contributed by atoms with van der Waals surface area (Å²) in [6.45, 7) is 0. The van der Waals surface area contributed by atoms with Crippen LogP contribution in [-0.4, -0.2) is 24.3 Å². The number of hydrogen-bond acceptors (Lipinski definition) is 5. The standard InChI is InChI=1S/C62H37N5S/c1-3-11-38(12-4-1)40-19-25-45(26-20-40)59-64-60(46-27-21-41(22-28-46)39-13-5-2-6-14-39)66-61(65-59)47-29-23-44(24-30-47)54-37-52-56-49-18-10-8-16-43(49)32-36-55(56)68-58(52)62-63-57-51-33-31-42-15-7-9-17-48(42)50(51)34-35-53(57)67(54)62/h1-37H. The maximum absolute atomic E-state index is 5.57. The highest BCUT2D eigenvalue weighted by Gasteiger charge is 2.21. The van der Waals surface area contributed by atoms with Gasteiger partial charge in [-0.25, -0.2) is 19.9 Å². The Kier molecular flexibility index (Phi) is 8.69. The van der Waals surface area contributed by atoms with E-state index in [0.29, 0.717) is 17.5 Å². The van der Waals surface area contributed by atoms with E-state index < -0.39 is 0 Å². The lowest BCUT2D eigenvalue weighted by molar-refractivity contribution is 1.07. The predicted octanol–water partition coefficient (Wildman–Crippen LogP) is 16.5. The molecule has 14 rings (SSSR count). The molecule has 10 aromatic carbocycles. The molecule has 14 aromatic rings. The van der Waals surface area contributed by atoms with Crippen molar-refractivity contribution in [3.8, 4) is 67.7 Å². The Morgan fingerprint density at radius 1 is 0.324 bits per heavy atom. The van der Waals surface area contributed by atoms with E-state index in [9.17, 15) is 0 Å². The summed E-state index contributed by atoms with van der Waals surface area (Å²) in [5, 5.41) is 9.77. The number of imidazole rings is 1. The minimum atomic E-state index is 0.610. The smallest absolute Gasteiger partial charge is 0.164 e. The third-order valence-corrected chi connectivity index (χ3v) is 14.6. The van der Waals surface area contributed by atoms with Gasteiger partial charge in [-0.2, -0.15) is 0 Å². The van der Waals surface area contributed by atoms with Crippen LogP contribution in [0.1, 0.15) is 0 Å². The normalized spacial score (nSPS) is 11.8. The van der Waals surface area contributed by atoms with Gasteiger partial charge in [-0.3, -0.25) is 4.40 Å². The second-order valence-electron chi connectivity index (χ2n) is 17.4. The van der Waals surface area contributed by atoms with Gasteiger partial charge in [0.15, 0.2) is 23.1 Å². The van der Waals surface area contributed by atoms with Gasteiger partial charge in [0.1, 0.15) is 0 Å². The molecule has 0 radical (unpaired) electrons. The predicted molar refractivity (Wildman–Crippen MR) is 284 cm³/mol. The molecular formula is C62H37N5S. The van der Waals surface area contributed by atoms with Crippen LogP contribution in [0.4, 0.5) is 0 Å². The van der Waals surface area contributed by atoms with Crippen LogP contribution in [-0.2, 0) is 0 Å². The van der Waals surface area contributed by atoms with Gasteiger partial charge in [0.05, 0.1) is 21.4 Å². The Balaban J connectivity index is 0.943. The van der Waals surface area contributed by atoms with Crippen molar-refractivity contribution in [1.29, 1.82) is 0 Å². The lowest BCUT2D eigenvalue weighted by Gasteiger charge is -2.12. The molecule has 68 heavy (non-hydrogen) atoms. The average molecular weight is 884 g/mol. The first-order valence-corrected chi connectivity index (χ1v) is 23.7. The molecule has 0 aliphatic carbocycles. The summed E-state index contributed by atoms with van der Waals surface area (Å²) in [4.78, 5) is 21.0. The van der Waals surface area contributed by atoms with Crippen LogP contribution in [0.15, 0.2) is 224 Å². The highest BCUT2D eigenvalue weighted by Crippen LogP contribution is 2.44. The van der Waals surface area contributed by atoms with E-state index in [1.807, 2.05) is 23.5 Å². The van der Waals surface area contributed by atoms with E-state index in [2.05, 4.69) is 217 Å². The van der Waals surface area contributed by atoms with Crippen molar-refractivity contribution in [2.75, 3.05) is 0 Å². The first-order chi connectivity index (χ1) is 33.7. The highest BCUT2D eigenvalue weighted by atomic mass is 32.1. The second-order valence-corrected chi connectivity index (χ2v) is 18.4. The molecule has 0 aliphatic heterocycles. The van der Waals surface area contributed by atoms with Crippen LogP contribution in [0.2, 0.25) is 0 Å². The molecule has 0 saturated carbocycles. The maximum atomic E-state index is 5.57. The molecular weight excluding hydrogens is 847 g/mol. The van der Waals surface area contributed by atoms with E-state index in [-0.39, 0.29) is 0 Å². The number of pyridine rings is 1. The SMILES string of the molecule is c1ccc(-c2ccc(-c3nc(-c4ccc(-c5ccccc5)cc4)nc(-c4ccc(-c5cc6c(sc7ccc8ccccc8c76)c6nc7c8ccc9ccccc9c8ccc7n56)cc4)n3)cc2)cc1. The van der Waals surface area contributed by atoms with E-state index in [4.69, 9.17) is 19.9 Å². The molecule has 0 N–H and O–H groups in total. The molecule has 5 nitrogen and oxygen atoms in total. The Morgan fingerprint density at radius 2 is 0.794 bits per heavy atom. The van der Waals surface area contributed by atoms with E-state index >= 15 is 0 Å². The lowest BCUT2D eigenvalue weighted by atomic mass is 10.0. The molecule has 0 unspecified atom stereocenters. The Morgan fingerprint density at radius 3 is 1.40 bits per heavy atom. The molecule has 0 saturated heterocycles. The first-order valence-electron chi connectivity index (χ1n) is 22.9. The fraction of sp³-hybridized carbons (Fsp3) is 0. The molecule has 0 spiro atoms. The first kappa shape index (κ1) is 38.4. The lowest BCUT2D eigenvalue weighted by Crippen LogP contribution is -2.00. The number of thiophene rings is 1. The largest absolute Gasteiger partial charge is 0.291 e. The molecule has 4 heterocycles.